The van der Waals surface area contributed by atoms with E-state index < -0.39 is 5.97 Å². The molecular weight excluding hydrogens is 230 g/mol. The van der Waals surface area contributed by atoms with Gasteiger partial charge in [0.15, 0.2) is 0 Å². The van der Waals surface area contributed by atoms with Gasteiger partial charge in [-0.05, 0) is 37.2 Å². The first-order chi connectivity index (χ1) is 8.63. The van der Waals surface area contributed by atoms with Crippen LogP contribution < -0.4 is 11.1 Å². The first-order valence-corrected chi connectivity index (χ1v) is 6.39. The molecule has 0 radical (unpaired) electrons. The summed E-state index contributed by atoms with van der Waals surface area (Å²) >= 11 is 0. The molecule has 3 atom stereocenters. The Hall–Kier alpha value is -1.78. The van der Waals surface area contributed by atoms with Crippen LogP contribution in [-0.2, 0) is 0 Å². The van der Waals surface area contributed by atoms with Crippen molar-refractivity contribution in [2.24, 2.45) is 11.8 Å². The minimum absolute atomic E-state index is 0.165. The zero-order valence-corrected chi connectivity index (χ0v) is 10.1. The molecule has 2 fully saturated rings. The Labute approximate surface area is 105 Å². The number of carbonyl (C=O) groups is 1. The minimum Gasteiger partial charge on any atom is -0.478 e. The van der Waals surface area contributed by atoms with E-state index in [1.807, 2.05) is 0 Å². The SMILES string of the molecule is Nc1cnc(NC2CC3CCC2C3)c(C(=O)O)c1. The van der Waals surface area contributed by atoms with Crippen molar-refractivity contribution >= 4 is 17.5 Å². The van der Waals surface area contributed by atoms with Gasteiger partial charge in [-0.25, -0.2) is 9.78 Å². The Morgan fingerprint density at radius 2 is 2.28 bits per heavy atom. The molecule has 2 bridgehead atoms. The van der Waals surface area contributed by atoms with E-state index in [0.29, 0.717) is 23.5 Å². The lowest BCUT2D eigenvalue weighted by molar-refractivity contribution is 0.0697. The van der Waals surface area contributed by atoms with Gasteiger partial charge in [-0.3, -0.25) is 0 Å². The number of nitrogens with two attached hydrogens (primary N) is 1. The lowest BCUT2D eigenvalue weighted by Crippen LogP contribution is -2.27. The van der Waals surface area contributed by atoms with Crippen LogP contribution in [0.4, 0.5) is 11.5 Å². The fourth-order valence-corrected chi connectivity index (χ4v) is 3.36. The van der Waals surface area contributed by atoms with Gasteiger partial charge in [-0.2, -0.15) is 0 Å². The van der Waals surface area contributed by atoms with E-state index in [-0.39, 0.29) is 5.56 Å². The predicted octanol–water partition coefficient (Wildman–Crippen LogP) is 1.96. The summed E-state index contributed by atoms with van der Waals surface area (Å²) in [5, 5.41) is 12.5. The summed E-state index contributed by atoms with van der Waals surface area (Å²) in [7, 11) is 0. The van der Waals surface area contributed by atoms with Crippen molar-refractivity contribution in [1.82, 2.24) is 4.98 Å². The van der Waals surface area contributed by atoms with Gasteiger partial charge >= 0.3 is 5.97 Å². The van der Waals surface area contributed by atoms with Crippen molar-refractivity contribution in [2.45, 2.75) is 31.7 Å². The molecule has 1 aromatic heterocycles. The fraction of sp³-hybridized carbons (Fsp3) is 0.538. The first-order valence-electron chi connectivity index (χ1n) is 6.39. The highest BCUT2D eigenvalue weighted by molar-refractivity contribution is 5.94. The quantitative estimate of drug-likeness (QED) is 0.760. The van der Waals surface area contributed by atoms with E-state index in [4.69, 9.17) is 10.8 Å². The Kier molecular flexibility index (Phi) is 2.61. The number of aromatic carboxylic acids is 1. The van der Waals surface area contributed by atoms with E-state index in [1.54, 1.807) is 0 Å². The van der Waals surface area contributed by atoms with Gasteiger partial charge in [0.2, 0.25) is 0 Å². The Bertz CT molecular complexity index is 489. The summed E-state index contributed by atoms with van der Waals surface area (Å²) in [5.74, 6) is 0.959. The molecule has 1 heterocycles. The van der Waals surface area contributed by atoms with E-state index in [1.165, 1.54) is 31.5 Å². The molecule has 0 aromatic carbocycles. The third-order valence-corrected chi connectivity index (χ3v) is 4.20. The topological polar surface area (TPSA) is 88.2 Å². The number of hydrogen-bond donors (Lipinski definition) is 3. The monoisotopic (exact) mass is 247 g/mol. The van der Waals surface area contributed by atoms with Crippen LogP contribution in [0.2, 0.25) is 0 Å². The number of carboxylic acids is 1. The molecule has 0 saturated heterocycles. The molecule has 5 heteroatoms. The van der Waals surface area contributed by atoms with Gasteiger partial charge < -0.3 is 16.2 Å². The summed E-state index contributed by atoms with van der Waals surface area (Å²) in [6, 6.07) is 1.84. The molecule has 96 valence electrons. The number of rotatable bonds is 3. The largest absolute Gasteiger partial charge is 0.478 e. The van der Waals surface area contributed by atoms with Crippen LogP contribution in [0.3, 0.4) is 0 Å². The Morgan fingerprint density at radius 3 is 2.89 bits per heavy atom. The standard InChI is InChI=1S/C13H17N3O2/c14-9-5-10(13(17)18)12(15-6-9)16-11-4-7-1-2-8(11)3-7/h5-8,11H,1-4,14H2,(H,15,16)(H,17,18). The maximum atomic E-state index is 11.2. The normalized spacial score (nSPS) is 29.4. The van der Waals surface area contributed by atoms with Gasteiger partial charge in [0.1, 0.15) is 11.4 Å². The summed E-state index contributed by atoms with van der Waals surface area (Å²) in [4.78, 5) is 15.3. The van der Waals surface area contributed by atoms with Gasteiger partial charge in [0, 0.05) is 6.04 Å². The van der Waals surface area contributed by atoms with Crippen LogP contribution >= 0.6 is 0 Å². The number of pyridine rings is 1. The lowest BCUT2D eigenvalue weighted by atomic mass is 9.95. The number of nitrogens with one attached hydrogen (secondary N) is 1. The lowest BCUT2D eigenvalue weighted by Gasteiger charge is -2.24. The maximum absolute atomic E-state index is 11.2. The van der Waals surface area contributed by atoms with Gasteiger partial charge in [-0.15, -0.1) is 0 Å². The number of hydrogen-bond acceptors (Lipinski definition) is 4. The van der Waals surface area contributed by atoms with Crippen molar-refractivity contribution in [3.63, 3.8) is 0 Å². The van der Waals surface area contributed by atoms with E-state index in [0.717, 1.165) is 12.3 Å². The number of anilines is 2. The summed E-state index contributed by atoms with van der Waals surface area (Å²) < 4.78 is 0. The zero-order valence-electron chi connectivity index (χ0n) is 10.1. The summed E-state index contributed by atoms with van der Waals surface area (Å²) in [5.41, 5.74) is 6.13. The fourth-order valence-electron chi connectivity index (χ4n) is 3.36. The van der Waals surface area contributed by atoms with Crippen molar-refractivity contribution in [3.8, 4) is 0 Å². The number of aromatic nitrogens is 1. The molecule has 5 nitrogen and oxygen atoms in total. The second-order valence-corrected chi connectivity index (χ2v) is 5.40. The molecule has 4 N–H and O–H groups in total. The van der Waals surface area contributed by atoms with Crippen molar-refractivity contribution < 1.29 is 9.90 Å². The van der Waals surface area contributed by atoms with Crippen LogP contribution in [0.15, 0.2) is 12.3 Å². The highest BCUT2D eigenvalue weighted by Crippen LogP contribution is 2.45. The minimum atomic E-state index is -0.986. The summed E-state index contributed by atoms with van der Waals surface area (Å²) in [6.07, 6.45) is 6.48. The molecular formula is C13H17N3O2. The first kappa shape index (κ1) is 11.3. The summed E-state index contributed by atoms with van der Waals surface area (Å²) in [6.45, 7) is 0. The molecule has 3 rings (SSSR count). The molecule has 1 aromatic rings. The highest BCUT2D eigenvalue weighted by Gasteiger charge is 2.39. The van der Waals surface area contributed by atoms with Gasteiger partial charge in [0.05, 0.1) is 11.9 Å². The third kappa shape index (κ3) is 1.89. The smallest absolute Gasteiger partial charge is 0.339 e. The van der Waals surface area contributed by atoms with Crippen LogP contribution in [0.1, 0.15) is 36.0 Å². The number of carboxylic acid groups (broad SMARTS) is 1. The maximum Gasteiger partial charge on any atom is 0.339 e. The van der Waals surface area contributed by atoms with Crippen molar-refractivity contribution in [1.29, 1.82) is 0 Å². The van der Waals surface area contributed by atoms with Crippen molar-refractivity contribution in [3.05, 3.63) is 17.8 Å². The number of nitrogen functional groups attached to an aromatic ring is 1. The second-order valence-electron chi connectivity index (χ2n) is 5.40. The van der Waals surface area contributed by atoms with E-state index in [9.17, 15) is 4.79 Å². The third-order valence-electron chi connectivity index (χ3n) is 4.20. The zero-order chi connectivity index (χ0) is 12.7. The van der Waals surface area contributed by atoms with Crippen LogP contribution in [-0.4, -0.2) is 22.1 Å². The average Bonchev–Trinajstić information content (AvgIpc) is 2.93. The molecule has 0 amide bonds. The van der Waals surface area contributed by atoms with Crippen LogP contribution in [0.5, 0.6) is 0 Å². The molecule has 2 saturated carbocycles. The average molecular weight is 247 g/mol. The molecule has 0 spiro atoms. The Morgan fingerprint density at radius 1 is 1.44 bits per heavy atom. The van der Waals surface area contributed by atoms with E-state index in [2.05, 4.69) is 10.3 Å². The molecule has 18 heavy (non-hydrogen) atoms. The number of fused-ring (bicyclic) bond motifs is 2. The van der Waals surface area contributed by atoms with Crippen LogP contribution in [0, 0.1) is 11.8 Å². The van der Waals surface area contributed by atoms with Gasteiger partial charge in [-0.1, -0.05) is 6.42 Å². The molecule has 0 aliphatic heterocycles. The Balaban J connectivity index is 1.82. The number of nitrogens with zero attached hydrogens (tertiary/aromatic N) is 1. The molecule has 3 unspecified atom stereocenters. The second kappa shape index (κ2) is 4.15. The highest BCUT2D eigenvalue weighted by atomic mass is 16.4. The molecule has 2 aliphatic carbocycles. The van der Waals surface area contributed by atoms with E-state index >= 15 is 0 Å². The van der Waals surface area contributed by atoms with Crippen molar-refractivity contribution in [2.75, 3.05) is 11.1 Å². The predicted molar refractivity (Wildman–Crippen MR) is 68.5 cm³/mol. The van der Waals surface area contributed by atoms with Gasteiger partial charge in [0.25, 0.3) is 0 Å². The molecule has 2 aliphatic rings. The van der Waals surface area contributed by atoms with Crippen LogP contribution in [0.25, 0.3) is 0 Å².